The maximum Gasteiger partial charge on any atom is 0.120 e. The van der Waals surface area contributed by atoms with Gasteiger partial charge in [0.05, 0.1) is 0 Å². The number of hydrogen-bond acceptors (Lipinski definition) is 3. The van der Waals surface area contributed by atoms with Crippen molar-refractivity contribution in [2.45, 2.75) is 51.3 Å². The molecule has 1 heterocycles. The van der Waals surface area contributed by atoms with Gasteiger partial charge in [0.25, 0.3) is 0 Å². The Labute approximate surface area is 116 Å². The number of ether oxygens (including phenoxy) is 1. The molecule has 0 radical (unpaired) electrons. The number of benzene rings is 1. The molecule has 3 atom stereocenters. The van der Waals surface area contributed by atoms with Gasteiger partial charge >= 0.3 is 0 Å². The molecule has 3 nitrogen and oxygen atoms in total. The summed E-state index contributed by atoms with van der Waals surface area (Å²) in [6.45, 7) is 5.35. The van der Waals surface area contributed by atoms with E-state index < -0.39 is 0 Å². The summed E-state index contributed by atoms with van der Waals surface area (Å²) >= 11 is 0. The van der Waals surface area contributed by atoms with Gasteiger partial charge in [0, 0.05) is 12.1 Å². The van der Waals surface area contributed by atoms with Crippen LogP contribution in [-0.2, 0) is 0 Å². The lowest BCUT2D eigenvalue weighted by Crippen LogP contribution is -2.45. The maximum absolute atomic E-state index is 6.12. The highest BCUT2D eigenvalue weighted by Gasteiger charge is 2.25. The minimum Gasteiger partial charge on any atom is -0.489 e. The molecule has 0 aromatic heterocycles. The molecule has 3 heteroatoms. The van der Waals surface area contributed by atoms with Gasteiger partial charge in [-0.2, -0.15) is 0 Å². The summed E-state index contributed by atoms with van der Waals surface area (Å²) in [6, 6.07) is 8.72. The standard InChI is InChI=1S/C16H26N2O/c1-12(17)14-7-6-8-15(11-14)19-13(2)16-9-4-5-10-18(16)3/h6-8,11-13,16H,4-5,9-10,17H2,1-3H3. The van der Waals surface area contributed by atoms with Gasteiger partial charge in [-0.1, -0.05) is 18.6 Å². The molecule has 1 aliphatic rings. The second-order valence-corrected chi connectivity index (χ2v) is 5.73. The fourth-order valence-electron chi connectivity index (χ4n) is 2.86. The van der Waals surface area contributed by atoms with Gasteiger partial charge in [-0.05, 0) is 58.0 Å². The summed E-state index contributed by atoms with van der Waals surface area (Å²) < 4.78 is 6.12. The second-order valence-electron chi connectivity index (χ2n) is 5.73. The van der Waals surface area contributed by atoms with Gasteiger partial charge in [0.2, 0.25) is 0 Å². The molecule has 1 aromatic carbocycles. The number of piperidine rings is 1. The normalized spacial score (nSPS) is 23.9. The number of likely N-dealkylation sites (N-methyl/N-ethyl adjacent to an activating group) is 1. The molecule has 1 fully saturated rings. The molecule has 1 aliphatic heterocycles. The smallest absolute Gasteiger partial charge is 0.120 e. The van der Waals surface area contributed by atoms with E-state index in [4.69, 9.17) is 10.5 Å². The Bertz CT molecular complexity index is 405. The zero-order valence-corrected chi connectivity index (χ0v) is 12.3. The zero-order valence-electron chi connectivity index (χ0n) is 12.3. The Morgan fingerprint density at radius 1 is 1.32 bits per heavy atom. The first-order chi connectivity index (χ1) is 9.08. The van der Waals surface area contributed by atoms with Gasteiger partial charge in [-0.15, -0.1) is 0 Å². The van der Waals surface area contributed by atoms with E-state index in [1.165, 1.54) is 25.8 Å². The van der Waals surface area contributed by atoms with E-state index in [1.807, 2.05) is 19.1 Å². The Morgan fingerprint density at radius 2 is 2.11 bits per heavy atom. The van der Waals surface area contributed by atoms with Crippen LogP contribution in [0.25, 0.3) is 0 Å². The molecule has 0 spiro atoms. The monoisotopic (exact) mass is 262 g/mol. The third kappa shape index (κ3) is 3.71. The molecule has 106 valence electrons. The highest BCUT2D eigenvalue weighted by molar-refractivity contribution is 5.30. The molecule has 19 heavy (non-hydrogen) atoms. The first-order valence-corrected chi connectivity index (χ1v) is 7.30. The minimum absolute atomic E-state index is 0.0520. The van der Waals surface area contributed by atoms with Crippen molar-refractivity contribution in [1.82, 2.24) is 4.90 Å². The average Bonchev–Trinajstić information content (AvgIpc) is 2.39. The molecule has 3 unspecified atom stereocenters. The molecule has 2 rings (SSSR count). The van der Waals surface area contributed by atoms with Gasteiger partial charge in [-0.25, -0.2) is 0 Å². The van der Waals surface area contributed by atoms with Crippen LogP contribution >= 0.6 is 0 Å². The largest absolute Gasteiger partial charge is 0.489 e. The van der Waals surface area contributed by atoms with Crippen LogP contribution in [0.15, 0.2) is 24.3 Å². The SMILES string of the molecule is CC(N)c1cccc(OC(C)C2CCCCN2C)c1. The predicted molar refractivity (Wildman–Crippen MR) is 79.4 cm³/mol. The Balaban J connectivity index is 2.01. The summed E-state index contributed by atoms with van der Waals surface area (Å²) in [6.07, 6.45) is 4.06. The molecule has 0 saturated carbocycles. The molecule has 1 saturated heterocycles. The van der Waals surface area contributed by atoms with Crippen LogP contribution in [-0.4, -0.2) is 30.6 Å². The van der Waals surface area contributed by atoms with E-state index in [0.717, 1.165) is 11.3 Å². The number of hydrogen-bond donors (Lipinski definition) is 1. The van der Waals surface area contributed by atoms with Gasteiger partial charge in [0.1, 0.15) is 11.9 Å². The Hall–Kier alpha value is -1.06. The first-order valence-electron chi connectivity index (χ1n) is 7.30. The van der Waals surface area contributed by atoms with Crippen molar-refractivity contribution in [3.05, 3.63) is 29.8 Å². The van der Waals surface area contributed by atoms with Crippen LogP contribution in [0.3, 0.4) is 0 Å². The van der Waals surface area contributed by atoms with Crippen LogP contribution in [0.1, 0.15) is 44.7 Å². The third-order valence-corrected chi connectivity index (χ3v) is 4.07. The van der Waals surface area contributed by atoms with Gasteiger partial charge in [-0.3, -0.25) is 4.90 Å². The van der Waals surface area contributed by atoms with Crippen LogP contribution in [0.4, 0.5) is 0 Å². The second kappa shape index (κ2) is 6.40. The highest BCUT2D eigenvalue weighted by Crippen LogP contribution is 2.23. The molecule has 2 N–H and O–H groups in total. The molecule has 1 aromatic rings. The van der Waals surface area contributed by atoms with Crippen LogP contribution in [0.5, 0.6) is 5.75 Å². The number of nitrogens with two attached hydrogens (primary N) is 1. The lowest BCUT2D eigenvalue weighted by Gasteiger charge is -2.36. The quantitative estimate of drug-likeness (QED) is 0.906. The maximum atomic E-state index is 6.12. The molecular weight excluding hydrogens is 236 g/mol. The fraction of sp³-hybridized carbons (Fsp3) is 0.625. The Morgan fingerprint density at radius 3 is 2.79 bits per heavy atom. The topological polar surface area (TPSA) is 38.5 Å². The number of rotatable bonds is 4. The molecule has 0 aliphatic carbocycles. The fourth-order valence-corrected chi connectivity index (χ4v) is 2.86. The number of likely N-dealkylation sites (tertiary alicyclic amines) is 1. The van der Waals surface area contributed by atoms with Crippen LogP contribution in [0, 0.1) is 0 Å². The average molecular weight is 262 g/mol. The van der Waals surface area contributed by atoms with Crippen LogP contribution < -0.4 is 10.5 Å². The van der Waals surface area contributed by atoms with E-state index in [0.29, 0.717) is 6.04 Å². The van der Waals surface area contributed by atoms with Crippen molar-refractivity contribution in [2.24, 2.45) is 5.73 Å². The summed E-state index contributed by atoms with van der Waals surface area (Å²) in [4.78, 5) is 2.42. The predicted octanol–water partition coefficient (Wildman–Crippen LogP) is 2.96. The lowest BCUT2D eigenvalue weighted by molar-refractivity contribution is 0.0685. The molecular formula is C16H26N2O. The van der Waals surface area contributed by atoms with E-state index >= 15 is 0 Å². The third-order valence-electron chi connectivity index (χ3n) is 4.07. The van der Waals surface area contributed by atoms with Gasteiger partial charge in [0.15, 0.2) is 0 Å². The van der Waals surface area contributed by atoms with E-state index in [1.54, 1.807) is 0 Å². The Kier molecular flexibility index (Phi) is 4.83. The van der Waals surface area contributed by atoms with E-state index in [9.17, 15) is 0 Å². The number of nitrogens with zero attached hydrogens (tertiary/aromatic N) is 1. The molecule has 0 bridgehead atoms. The first kappa shape index (κ1) is 14.4. The summed E-state index contributed by atoms with van der Waals surface area (Å²) in [5.74, 6) is 0.932. The summed E-state index contributed by atoms with van der Waals surface area (Å²) in [5, 5.41) is 0. The van der Waals surface area contributed by atoms with Crippen molar-refractivity contribution >= 4 is 0 Å². The molecule has 0 amide bonds. The summed E-state index contributed by atoms with van der Waals surface area (Å²) in [5.41, 5.74) is 7.04. The van der Waals surface area contributed by atoms with Crippen molar-refractivity contribution in [2.75, 3.05) is 13.6 Å². The zero-order chi connectivity index (χ0) is 13.8. The van der Waals surface area contributed by atoms with Crippen molar-refractivity contribution in [3.63, 3.8) is 0 Å². The lowest BCUT2D eigenvalue weighted by atomic mass is 9.99. The van der Waals surface area contributed by atoms with Gasteiger partial charge < -0.3 is 10.5 Å². The summed E-state index contributed by atoms with van der Waals surface area (Å²) in [7, 11) is 2.20. The van der Waals surface area contributed by atoms with Crippen molar-refractivity contribution in [1.29, 1.82) is 0 Å². The van der Waals surface area contributed by atoms with Crippen molar-refractivity contribution in [3.8, 4) is 5.75 Å². The van der Waals surface area contributed by atoms with E-state index in [-0.39, 0.29) is 12.1 Å². The van der Waals surface area contributed by atoms with E-state index in [2.05, 4.69) is 31.0 Å². The van der Waals surface area contributed by atoms with Crippen molar-refractivity contribution < 1.29 is 4.74 Å². The van der Waals surface area contributed by atoms with Crippen LogP contribution in [0.2, 0.25) is 0 Å². The highest BCUT2D eigenvalue weighted by atomic mass is 16.5. The minimum atomic E-state index is 0.0520.